The third-order valence-corrected chi connectivity index (χ3v) is 3.65. The van der Waals surface area contributed by atoms with Crippen LogP contribution in [0.5, 0.6) is 0 Å². The highest BCUT2D eigenvalue weighted by Crippen LogP contribution is 2.29. The summed E-state index contributed by atoms with van der Waals surface area (Å²) in [6.07, 6.45) is 2.28. The van der Waals surface area contributed by atoms with Crippen molar-refractivity contribution in [2.24, 2.45) is 5.92 Å². The smallest absolute Gasteiger partial charge is 0.0842 e. The molecular formula is C12H25NO. The molecule has 14 heavy (non-hydrogen) atoms. The molecule has 0 aromatic carbocycles. The van der Waals surface area contributed by atoms with Gasteiger partial charge in [-0.25, -0.2) is 0 Å². The number of ether oxygens (including phenoxy) is 1. The summed E-state index contributed by atoms with van der Waals surface area (Å²) in [5.41, 5.74) is 0. The van der Waals surface area contributed by atoms with Crippen LogP contribution in [0.15, 0.2) is 0 Å². The molecule has 0 aromatic heterocycles. The summed E-state index contributed by atoms with van der Waals surface area (Å²) >= 11 is 0. The fraction of sp³-hybridized carbons (Fsp3) is 1.00. The molecule has 1 fully saturated rings. The fourth-order valence-corrected chi connectivity index (χ4v) is 2.20. The molecule has 2 nitrogen and oxygen atoms in total. The maximum Gasteiger partial charge on any atom is 0.0842 e. The molecule has 1 aliphatic rings. The zero-order valence-electron chi connectivity index (χ0n) is 10.3. The van der Waals surface area contributed by atoms with Gasteiger partial charge in [-0.05, 0) is 39.3 Å². The molecule has 1 heterocycles. The van der Waals surface area contributed by atoms with Crippen molar-refractivity contribution in [1.29, 1.82) is 0 Å². The number of hydrogen-bond donors (Lipinski definition) is 0. The Kier molecular flexibility index (Phi) is 4.39. The van der Waals surface area contributed by atoms with Crippen LogP contribution in [-0.2, 0) is 4.74 Å². The predicted molar refractivity (Wildman–Crippen MR) is 60.5 cm³/mol. The number of rotatable bonds is 6. The van der Waals surface area contributed by atoms with Crippen LogP contribution in [0.3, 0.4) is 0 Å². The molecule has 4 unspecified atom stereocenters. The molecule has 0 radical (unpaired) electrons. The monoisotopic (exact) mass is 199 g/mol. The largest absolute Gasteiger partial charge is 0.370 e. The predicted octanol–water partition coefficient (Wildman–Crippen LogP) is 2.53. The first-order valence-electron chi connectivity index (χ1n) is 5.99. The van der Waals surface area contributed by atoms with E-state index in [1.54, 1.807) is 0 Å². The van der Waals surface area contributed by atoms with Crippen molar-refractivity contribution in [1.82, 2.24) is 4.90 Å². The quantitative estimate of drug-likeness (QED) is 0.611. The lowest BCUT2D eigenvalue weighted by atomic mass is 9.95. The first-order chi connectivity index (χ1) is 6.60. The van der Waals surface area contributed by atoms with E-state index in [1.807, 2.05) is 0 Å². The molecule has 0 aromatic rings. The van der Waals surface area contributed by atoms with E-state index >= 15 is 0 Å². The summed E-state index contributed by atoms with van der Waals surface area (Å²) in [5.74, 6) is 0.741. The summed E-state index contributed by atoms with van der Waals surface area (Å²) in [6, 6.07) is 0.682. The molecular weight excluding hydrogens is 174 g/mol. The van der Waals surface area contributed by atoms with E-state index in [4.69, 9.17) is 4.74 Å². The van der Waals surface area contributed by atoms with Gasteiger partial charge in [-0.15, -0.1) is 0 Å². The van der Waals surface area contributed by atoms with Gasteiger partial charge < -0.3 is 9.64 Å². The number of nitrogens with zero attached hydrogens (tertiary/aromatic N) is 1. The van der Waals surface area contributed by atoms with Crippen molar-refractivity contribution >= 4 is 0 Å². The normalized spacial score (nSPS) is 30.4. The van der Waals surface area contributed by atoms with E-state index in [0.29, 0.717) is 18.2 Å². The van der Waals surface area contributed by atoms with Gasteiger partial charge in [-0.1, -0.05) is 20.8 Å². The van der Waals surface area contributed by atoms with Crippen molar-refractivity contribution in [3.63, 3.8) is 0 Å². The molecule has 0 spiro atoms. The minimum Gasteiger partial charge on any atom is -0.370 e. The second kappa shape index (κ2) is 5.13. The van der Waals surface area contributed by atoms with Crippen molar-refractivity contribution in [3.8, 4) is 0 Å². The van der Waals surface area contributed by atoms with Gasteiger partial charge in [0, 0.05) is 6.04 Å². The van der Waals surface area contributed by atoms with Crippen LogP contribution in [0, 0.1) is 5.92 Å². The molecule has 1 aliphatic heterocycles. The lowest BCUT2D eigenvalue weighted by Gasteiger charge is -2.31. The molecule has 1 saturated heterocycles. The van der Waals surface area contributed by atoms with Crippen molar-refractivity contribution in [2.45, 2.75) is 59.3 Å². The van der Waals surface area contributed by atoms with Crippen LogP contribution < -0.4 is 0 Å². The zero-order chi connectivity index (χ0) is 10.7. The highest BCUT2D eigenvalue weighted by atomic mass is 16.6. The van der Waals surface area contributed by atoms with Crippen molar-refractivity contribution < 1.29 is 4.74 Å². The minimum atomic E-state index is 0.515. The van der Waals surface area contributed by atoms with Gasteiger partial charge in [0.15, 0.2) is 0 Å². The first-order valence-corrected chi connectivity index (χ1v) is 5.99. The Morgan fingerprint density at radius 2 is 1.71 bits per heavy atom. The Labute approximate surface area is 88.6 Å². The molecule has 2 heteroatoms. The van der Waals surface area contributed by atoms with E-state index in [0.717, 1.165) is 19.0 Å². The van der Waals surface area contributed by atoms with Gasteiger partial charge in [0.2, 0.25) is 0 Å². The van der Waals surface area contributed by atoms with E-state index in [2.05, 4.69) is 39.5 Å². The van der Waals surface area contributed by atoms with E-state index < -0.39 is 0 Å². The topological polar surface area (TPSA) is 15.8 Å². The Hall–Kier alpha value is -0.0800. The lowest BCUT2D eigenvalue weighted by Crippen LogP contribution is -2.37. The van der Waals surface area contributed by atoms with Gasteiger partial charge in [0.25, 0.3) is 0 Å². The van der Waals surface area contributed by atoms with E-state index in [9.17, 15) is 0 Å². The van der Waals surface area contributed by atoms with Crippen molar-refractivity contribution in [2.75, 3.05) is 13.1 Å². The van der Waals surface area contributed by atoms with Gasteiger partial charge in [-0.2, -0.15) is 0 Å². The van der Waals surface area contributed by atoms with Gasteiger partial charge >= 0.3 is 0 Å². The average Bonchev–Trinajstić information content (AvgIpc) is 2.83. The van der Waals surface area contributed by atoms with Gasteiger partial charge in [0.05, 0.1) is 12.2 Å². The molecule has 0 saturated carbocycles. The Balaban J connectivity index is 2.30. The highest BCUT2D eigenvalue weighted by Gasteiger charge is 2.36. The van der Waals surface area contributed by atoms with Crippen LogP contribution in [0.4, 0.5) is 0 Å². The molecule has 0 bridgehead atoms. The molecule has 0 amide bonds. The Morgan fingerprint density at radius 3 is 2.07 bits per heavy atom. The zero-order valence-corrected chi connectivity index (χ0v) is 10.3. The lowest BCUT2D eigenvalue weighted by molar-refractivity contribution is 0.165. The van der Waals surface area contributed by atoms with Gasteiger partial charge in [-0.3, -0.25) is 0 Å². The summed E-state index contributed by atoms with van der Waals surface area (Å²) in [4.78, 5) is 2.53. The minimum absolute atomic E-state index is 0.515. The first kappa shape index (κ1) is 12.0. The SMILES string of the molecule is CCN(CC)C(C)C(C)CC1OC1C. The molecule has 1 rings (SSSR count). The van der Waals surface area contributed by atoms with Crippen LogP contribution in [0.1, 0.15) is 41.0 Å². The summed E-state index contributed by atoms with van der Waals surface area (Å²) < 4.78 is 5.47. The van der Waals surface area contributed by atoms with Crippen LogP contribution in [0.25, 0.3) is 0 Å². The Morgan fingerprint density at radius 1 is 1.21 bits per heavy atom. The molecule has 0 N–H and O–H groups in total. The van der Waals surface area contributed by atoms with Gasteiger partial charge in [0.1, 0.15) is 0 Å². The maximum atomic E-state index is 5.47. The average molecular weight is 199 g/mol. The van der Waals surface area contributed by atoms with E-state index in [-0.39, 0.29) is 0 Å². The summed E-state index contributed by atoms with van der Waals surface area (Å²) in [5, 5.41) is 0. The summed E-state index contributed by atoms with van der Waals surface area (Å²) in [7, 11) is 0. The molecule has 0 aliphatic carbocycles. The van der Waals surface area contributed by atoms with Crippen LogP contribution >= 0.6 is 0 Å². The standard InChI is InChI=1S/C12H25NO/c1-6-13(7-2)10(4)9(3)8-12-11(5)14-12/h9-12H,6-8H2,1-5H3. The Bertz CT molecular complexity index is 168. The van der Waals surface area contributed by atoms with Crippen LogP contribution in [0.2, 0.25) is 0 Å². The second-order valence-corrected chi connectivity index (χ2v) is 4.55. The fourth-order valence-electron chi connectivity index (χ4n) is 2.20. The van der Waals surface area contributed by atoms with E-state index in [1.165, 1.54) is 6.42 Å². The molecule has 4 atom stereocenters. The van der Waals surface area contributed by atoms with Crippen molar-refractivity contribution in [3.05, 3.63) is 0 Å². The van der Waals surface area contributed by atoms with Crippen LogP contribution in [-0.4, -0.2) is 36.2 Å². The second-order valence-electron chi connectivity index (χ2n) is 4.55. The number of epoxide rings is 1. The third kappa shape index (κ3) is 2.96. The summed E-state index contributed by atoms with van der Waals surface area (Å²) in [6.45, 7) is 13.6. The maximum absolute atomic E-state index is 5.47. The highest BCUT2D eigenvalue weighted by molar-refractivity contribution is 4.85. The molecule has 84 valence electrons. The number of hydrogen-bond acceptors (Lipinski definition) is 2. The third-order valence-electron chi connectivity index (χ3n) is 3.65.